The first-order valence-electron chi connectivity index (χ1n) is 6.16. The van der Waals surface area contributed by atoms with Crippen LogP contribution in [0.4, 0.5) is 14.5 Å². The van der Waals surface area contributed by atoms with Crippen LogP contribution in [0.25, 0.3) is 17.1 Å². The van der Waals surface area contributed by atoms with Gasteiger partial charge in [0.05, 0.1) is 0 Å². The number of hydrogen-bond donors (Lipinski definition) is 1. The van der Waals surface area contributed by atoms with Crippen LogP contribution in [0.2, 0.25) is 0 Å². The Morgan fingerprint density at radius 1 is 1.10 bits per heavy atom. The summed E-state index contributed by atoms with van der Waals surface area (Å²) >= 11 is 0. The maximum Gasteiger partial charge on any atom is 0.187 e. The fourth-order valence-corrected chi connectivity index (χ4v) is 2.05. The molecule has 2 N–H and O–H groups in total. The van der Waals surface area contributed by atoms with E-state index >= 15 is 0 Å². The Balaban J connectivity index is 2.22. The molecule has 0 amide bonds. The number of hydrogen-bond acceptors (Lipinski definition) is 4. The van der Waals surface area contributed by atoms with Gasteiger partial charge < -0.3 is 5.73 Å². The third-order valence-electron chi connectivity index (χ3n) is 3.11. The van der Waals surface area contributed by atoms with Crippen LogP contribution in [-0.2, 0) is 0 Å². The van der Waals surface area contributed by atoms with Crippen molar-refractivity contribution >= 4 is 5.69 Å². The lowest BCUT2D eigenvalue weighted by atomic mass is 10.1. The molecule has 0 bridgehead atoms. The zero-order chi connectivity index (χ0) is 15.0. The molecular weight excluding hydrogens is 276 g/mol. The van der Waals surface area contributed by atoms with E-state index in [-0.39, 0.29) is 5.69 Å². The van der Waals surface area contributed by atoms with Gasteiger partial charge in [0.25, 0.3) is 0 Å². The van der Waals surface area contributed by atoms with E-state index in [0.29, 0.717) is 17.1 Å². The van der Waals surface area contributed by atoms with Gasteiger partial charge in [0.15, 0.2) is 5.82 Å². The Kier molecular flexibility index (Phi) is 3.09. The molecule has 0 saturated heterocycles. The molecule has 21 heavy (non-hydrogen) atoms. The first-order valence-corrected chi connectivity index (χ1v) is 6.16. The van der Waals surface area contributed by atoms with E-state index in [9.17, 15) is 8.78 Å². The van der Waals surface area contributed by atoms with Gasteiger partial charge in [-0.2, -0.15) is 4.68 Å². The lowest BCUT2D eigenvalue weighted by Crippen LogP contribution is -2.04. The van der Waals surface area contributed by atoms with Crippen LogP contribution >= 0.6 is 0 Å². The second-order valence-electron chi connectivity index (χ2n) is 4.58. The average Bonchev–Trinajstić information content (AvgIpc) is 2.93. The molecule has 5 nitrogen and oxygen atoms in total. The molecule has 0 aliphatic heterocycles. The topological polar surface area (TPSA) is 69.6 Å². The highest BCUT2D eigenvalue weighted by molar-refractivity contribution is 5.66. The minimum atomic E-state index is -0.619. The number of anilines is 1. The summed E-state index contributed by atoms with van der Waals surface area (Å²) in [5.41, 5.74) is 7.77. The average molecular weight is 287 g/mol. The van der Waals surface area contributed by atoms with Crippen molar-refractivity contribution in [2.75, 3.05) is 5.73 Å². The second kappa shape index (κ2) is 4.93. The summed E-state index contributed by atoms with van der Waals surface area (Å²) in [4.78, 5) is 0. The molecule has 3 aromatic rings. The van der Waals surface area contributed by atoms with Gasteiger partial charge in [-0.25, -0.2) is 8.78 Å². The molecule has 2 aromatic carbocycles. The Morgan fingerprint density at radius 2 is 1.90 bits per heavy atom. The molecule has 0 radical (unpaired) electrons. The molecule has 0 unspecified atom stereocenters. The molecule has 0 saturated carbocycles. The van der Waals surface area contributed by atoms with Gasteiger partial charge in [0.2, 0.25) is 0 Å². The van der Waals surface area contributed by atoms with Crippen molar-refractivity contribution in [1.82, 2.24) is 20.2 Å². The van der Waals surface area contributed by atoms with E-state index in [1.807, 2.05) is 13.0 Å². The number of nitrogen functional groups attached to an aromatic ring is 1. The summed E-state index contributed by atoms with van der Waals surface area (Å²) in [6.07, 6.45) is 0. The minimum Gasteiger partial charge on any atom is -0.399 e. The highest BCUT2D eigenvalue weighted by atomic mass is 19.1. The number of benzene rings is 2. The van der Waals surface area contributed by atoms with Crippen molar-refractivity contribution in [1.29, 1.82) is 0 Å². The maximum atomic E-state index is 13.9. The first-order chi connectivity index (χ1) is 10.1. The zero-order valence-electron chi connectivity index (χ0n) is 11.1. The highest BCUT2D eigenvalue weighted by Crippen LogP contribution is 2.26. The lowest BCUT2D eigenvalue weighted by Gasteiger charge is -2.08. The molecular formula is C14H11F2N5. The molecule has 0 aliphatic carbocycles. The smallest absolute Gasteiger partial charge is 0.187 e. The van der Waals surface area contributed by atoms with E-state index < -0.39 is 11.6 Å². The zero-order valence-corrected chi connectivity index (χ0v) is 11.1. The van der Waals surface area contributed by atoms with Gasteiger partial charge in [0, 0.05) is 17.3 Å². The van der Waals surface area contributed by atoms with Crippen LogP contribution in [0, 0.1) is 18.6 Å². The third-order valence-corrected chi connectivity index (χ3v) is 3.11. The summed E-state index contributed by atoms with van der Waals surface area (Å²) in [5, 5.41) is 11.2. The lowest BCUT2D eigenvalue weighted by molar-refractivity contribution is 0.584. The Morgan fingerprint density at radius 3 is 2.71 bits per heavy atom. The molecule has 0 aliphatic rings. The summed E-state index contributed by atoms with van der Waals surface area (Å²) < 4.78 is 28.4. The molecule has 106 valence electrons. The predicted octanol–water partition coefficient (Wildman–Crippen LogP) is 2.50. The monoisotopic (exact) mass is 287 g/mol. The third kappa shape index (κ3) is 2.33. The normalized spacial score (nSPS) is 10.8. The Hall–Kier alpha value is -2.83. The molecule has 0 atom stereocenters. The highest BCUT2D eigenvalue weighted by Gasteiger charge is 2.16. The molecule has 7 heteroatoms. The number of halogens is 2. The van der Waals surface area contributed by atoms with E-state index in [1.165, 1.54) is 0 Å². The second-order valence-corrected chi connectivity index (χ2v) is 4.58. The van der Waals surface area contributed by atoms with Crippen LogP contribution in [0.1, 0.15) is 5.56 Å². The van der Waals surface area contributed by atoms with Gasteiger partial charge in [-0.1, -0.05) is 6.07 Å². The molecule has 0 fully saturated rings. The number of aromatic nitrogens is 4. The van der Waals surface area contributed by atoms with Crippen molar-refractivity contribution in [3.8, 4) is 17.1 Å². The van der Waals surface area contributed by atoms with E-state index in [2.05, 4.69) is 15.5 Å². The Bertz CT molecular complexity index is 747. The molecule has 0 spiro atoms. The van der Waals surface area contributed by atoms with Crippen molar-refractivity contribution in [2.24, 2.45) is 0 Å². The van der Waals surface area contributed by atoms with Crippen LogP contribution in [0.3, 0.4) is 0 Å². The van der Waals surface area contributed by atoms with Crippen LogP contribution < -0.4 is 5.73 Å². The number of nitrogens with two attached hydrogens (primary N) is 1. The number of aryl methyl sites for hydroxylation is 1. The SMILES string of the molecule is Cc1ccc(N)cc1-c1nnnn1-c1cc(F)ccc1F. The molecule has 3 rings (SSSR count). The van der Waals surface area contributed by atoms with E-state index in [0.717, 1.165) is 28.4 Å². The van der Waals surface area contributed by atoms with E-state index in [4.69, 9.17) is 5.73 Å². The number of tetrazole rings is 1. The van der Waals surface area contributed by atoms with Gasteiger partial charge in [-0.05, 0) is 47.2 Å². The van der Waals surface area contributed by atoms with Crippen molar-refractivity contribution in [2.45, 2.75) is 6.92 Å². The van der Waals surface area contributed by atoms with Gasteiger partial charge in [-0.15, -0.1) is 5.10 Å². The number of rotatable bonds is 2. The minimum absolute atomic E-state index is 0.0585. The molecule has 1 aromatic heterocycles. The summed E-state index contributed by atoms with van der Waals surface area (Å²) in [7, 11) is 0. The van der Waals surface area contributed by atoms with Crippen molar-refractivity contribution in [3.63, 3.8) is 0 Å². The van der Waals surface area contributed by atoms with Gasteiger partial charge in [0.1, 0.15) is 17.3 Å². The van der Waals surface area contributed by atoms with Crippen LogP contribution in [0.15, 0.2) is 36.4 Å². The van der Waals surface area contributed by atoms with Crippen LogP contribution in [-0.4, -0.2) is 20.2 Å². The first kappa shape index (κ1) is 13.2. The standard InChI is InChI=1S/C14H11F2N5/c1-8-2-4-10(17)7-11(8)14-18-19-20-21(14)13-6-9(15)3-5-12(13)16/h2-7H,17H2,1H3. The molecule has 1 heterocycles. The van der Waals surface area contributed by atoms with Crippen LogP contribution in [0.5, 0.6) is 0 Å². The van der Waals surface area contributed by atoms with E-state index in [1.54, 1.807) is 12.1 Å². The summed E-state index contributed by atoms with van der Waals surface area (Å²) in [5.74, 6) is -0.895. The fourth-order valence-electron chi connectivity index (χ4n) is 2.05. The van der Waals surface area contributed by atoms with Gasteiger partial charge in [-0.3, -0.25) is 0 Å². The fraction of sp³-hybridized carbons (Fsp3) is 0.0714. The predicted molar refractivity (Wildman–Crippen MR) is 73.7 cm³/mol. The maximum absolute atomic E-state index is 13.9. The Labute approximate surface area is 119 Å². The quantitative estimate of drug-likeness (QED) is 0.735. The summed E-state index contributed by atoms with van der Waals surface area (Å²) in [6.45, 7) is 1.86. The van der Waals surface area contributed by atoms with Crippen molar-refractivity contribution in [3.05, 3.63) is 53.6 Å². The largest absolute Gasteiger partial charge is 0.399 e. The van der Waals surface area contributed by atoms with Gasteiger partial charge >= 0.3 is 0 Å². The van der Waals surface area contributed by atoms with Crippen molar-refractivity contribution < 1.29 is 8.78 Å². The number of nitrogens with zero attached hydrogens (tertiary/aromatic N) is 4. The summed E-state index contributed by atoms with van der Waals surface area (Å²) in [6, 6.07) is 8.35.